The van der Waals surface area contributed by atoms with Gasteiger partial charge in [0.15, 0.2) is 5.16 Å². The van der Waals surface area contributed by atoms with Crippen molar-refractivity contribution in [2.24, 2.45) is 11.0 Å². The number of hydrogen-bond acceptors (Lipinski definition) is 8. The van der Waals surface area contributed by atoms with Crippen molar-refractivity contribution in [3.8, 4) is 0 Å². The molecule has 1 fully saturated rings. The molecule has 2 unspecified atom stereocenters. The van der Waals surface area contributed by atoms with Crippen LogP contribution in [0.4, 0.5) is 0 Å². The molecular formula is C28H26N4O2S4. The van der Waals surface area contributed by atoms with Crippen molar-refractivity contribution in [3.63, 3.8) is 0 Å². The van der Waals surface area contributed by atoms with Crippen LogP contribution in [0.25, 0.3) is 16.3 Å². The van der Waals surface area contributed by atoms with E-state index < -0.39 is 0 Å². The number of H-pyrrole nitrogens is 1. The van der Waals surface area contributed by atoms with Crippen molar-refractivity contribution >= 4 is 73.7 Å². The zero-order valence-electron chi connectivity index (χ0n) is 20.6. The van der Waals surface area contributed by atoms with E-state index in [0.717, 1.165) is 54.5 Å². The maximum Gasteiger partial charge on any atom is 0.260 e. The summed E-state index contributed by atoms with van der Waals surface area (Å²) >= 11 is 6.34. The molecule has 4 aromatic heterocycles. The Hall–Kier alpha value is -2.53. The fourth-order valence-electron chi connectivity index (χ4n) is 5.90. The summed E-state index contributed by atoms with van der Waals surface area (Å²) in [4.78, 5) is 38.8. The molecular weight excluding hydrogens is 553 g/mol. The van der Waals surface area contributed by atoms with Gasteiger partial charge in [0.25, 0.3) is 11.5 Å². The van der Waals surface area contributed by atoms with Crippen LogP contribution in [0.3, 0.4) is 0 Å². The van der Waals surface area contributed by atoms with Crippen LogP contribution in [0.5, 0.6) is 0 Å². The average Bonchev–Trinajstić information content (AvgIpc) is 3.72. The van der Waals surface area contributed by atoms with Crippen molar-refractivity contribution in [3.05, 3.63) is 71.1 Å². The van der Waals surface area contributed by atoms with Crippen LogP contribution in [0.1, 0.15) is 58.3 Å². The first-order chi connectivity index (χ1) is 18.7. The highest BCUT2D eigenvalue weighted by Crippen LogP contribution is 2.46. The molecule has 3 aliphatic rings. The first kappa shape index (κ1) is 24.5. The van der Waals surface area contributed by atoms with Gasteiger partial charge in [-0.2, -0.15) is 5.10 Å². The minimum Gasteiger partial charge on any atom is -0.301 e. The van der Waals surface area contributed by atoms with Gasteiger partial charge in [-0.15, -0.1) is 34.0 Å². The van der Waals surface area contributed by atoms with E-state index in [-0.39, 0.29) is 29.2 Å². The van der Waals surface area contributed by atoms with Gasteiger partial charge in [-0.05, 0) is 85.1 Å². The normalized spacial score (nSPS) is 22.1. The van der Waals surface area contributed by atoms with E-state index in [1.54, 1.807) is 39.0 Å². The van der Waals surface area contributed by atoms with Crippen LogP contribution in [-0.2, 0) is 17.6 Å². The fraction of sp³-hybridized carbons (Fsp3) is 0.357. The molecule has 0 bridgehead atoms. The number of amides is 1. The van der Waals surface area contributed by atoms with Crippen LogP contribution in [0.2, 0.25) is 0 Å². The number of carbonyl (C=O) groups is 1. The smallest absolute Gasteiger partial charge is 0.260 e. The van der Waals surface area contributed by atoms with E-state index in [2.05, 4.69) is 40.0 Å². The number of nitrogens with zero attached hydrogens (tertiary/aromatic N) is 3. The number of aromatic nitrogens is 2. The highest BCUT2D eigenvalue weighted by Gasteiger charge is 2.44. The summed E-state index contributed by atoms with van der Waals surface area (Å²) in [6.45, 7) is 0. The van der Waals surface area contributed by atoms with Gasteiger partial charge in [-0.3, -0.25) is 9.59 Å². The molecule has 4 aromatic rings. The molecule has 1 N–H and O–H groups in total. The largest absolute Gasteiger partial charge is 0.301 e. The van der Waals surface area contributed by atoms with E-state index >= 15 is 0 Å². The molecule has 0 radical (unpaired) electrons. The summed E-state index contributed by atoms with van der Waals surface area (Å²) in [6, 6.07) is 8.27. The van der Waals surface area contributed by atoms with Crippen LogP contribution in [0, 0.1) is 5.92 Å². The van der Waals surface area contributed by atoms with E-state index in [4.69, 9.17) is 10.1 Å². The van der Waals surface area contributed by atoms with E-state index in [1.807, 2.05) is 6.07 Å². The molecule has 10 heteroatoms. The highest BCUT2D eigenvalue weighted by atomic mass is 32.2. The van der Waals surface area contributed by atoms with E-state index in [9.17, 15) is 9.59 Å². The predicted octanol–water partition coefficient (Wildman–Crippen LogP) is 6.90. The topological polar surface area (TPSA) is 78.4 Å². The lowest BCUT2D eigenvalue weighted by molar-refractivity contribution is -0.130. The summed E-state index contributed by atoms with van der Waals surface area (Å²) in [5.41, 5.74) is 3.39. The first-order valence-corrected chi connectivity index (χ1v) is 16.6. The second-order valence-corrected chi connectivity index (χ2v) is 13.9. The lowest BCUT2D eigenvalue weighted by atomic mass is 9.79. The maximum atomic E-state index is 13.7. The molecule has 194 valence electrons. The van der Waals surface area contributed by atoms with Gasteiger partial charge in [-0.25, -0.2) is 9.99 Å². The molecule has 1 aliphatic heterocycles. The third kappa shape index (κ3) is 4.41. The number of hydrogen-bond donors (Lipinski definition) is 1. The molecule has 1 amide bonds. The first-order valence-electron chi connectivity index (χ1n) is 13.0. The summed E-state index contributed by atoms with van der Waals surface area (Å²) in [5, 5.41) is 12.1. The molecule has 0 saturated heterocycles. The molecule has 5 heterocycles. The molecule has 0 aromatic carbocycles. The second kappa shape index (κ2) is 10.2. The number of allylic oxidation sites excluding steroid dienone is 1. The van der Waals surface area contributed by atoms with Crippen molar-refractivity contribution < 1.29 is 4.79 Å². The minimum absolute atomic E-state index is 0.0565. The molecule has 0 spiro atoms. The molecule has 1 saturated carbocycles. The zero-order valence-corrected chi connectivity index (χ0v) is 23.9. The number of thiophene rings is 3. The van der Waals surface area contributed by atoms with Gasteiger partial charge < -0.3 is 4.98 Å². The van der Waals surface area contributed by atoms with E-state index in [1.165, 1.54) is 44.0 Å². The summed E-state index contributed by atoms with van der Waals surface area (Å²) in [7, 11) is 0. The Morgan fingerprint density at radius 3 is 2.84 bits per heavy atom. The van der Waals surface area contributed by atoms with Crippen LogP contribution in [-0.4, -0.2) is 32.3 Å². The number of thioether (sulfide) groups is 1. The highest BCUT2D eigenvalue weighted by molar-refractivity contribution is 7.99. The van der Waals surface area contributed by atoms with Gasteiger partial charge in [0.05, 0.1) is 22.9 Å². The van der Waals surface area contributed by atoms with Crippen molar-refractivity contribution in [2.75, 3.05) is 5.75 Å². The van der Waals surface area contributed by atoms with Crippen molar-refractivity contribution in [2.45, 2.75) is 56.1 Å². The SMILES string of the molecule is O=C(CSc1nc2sc3c(c2c(=O)[nH]1)CCCC3)N1N=C2/C(=C/c3cccs3)CCCC2C1c1cccs1. The van der Waals surface area contributed by atoms with Gasteiger partial charge >= 0.3 is 0 Å². The standard InChI is InChI=1S/C28H26N4O2S4/c33-22(15-37-28-29-26(34)23-18-8-1-2-10-20(18)38-27(23)30-28)32-25(21-11-5-13-36-21)19-9-3-6-16(24(19)31-32)14-17-7-4-12-35-17/h4-5,7,11-14,19,25H,1-3,6,8-10,15H2,(H,29,30,34)/b16-14+. The Labute approximate surface area is 236 Å². The minimum atomic E-state index is -0.0865. The monoisotopic (exact) mass is 578 g/mol. The quantitative estimate of drug-likeness (QED) is 0.206. The summed E-state index contributed by atoms with van der Waals surface area (Å²) in [5.74, 6) is 0.322. The number of carbonyl (C=O) groups excluding carboxylic acids is 1. The van der Waals surface area contributed by atoms with Gasteiger partial charge in [0.1, 0.15) is 4.83 Å². The van der Waals surface area contributed by atoms with Crippen molar-refractivity contribution in [1.82, 2.24) is 15.0 Å². The fourth-order valence-corrected chi connectivity index (χ4v) is 9.49. The number of aromatic amines is 1. The van der Waals surface area contributed by atoms with Crippen LogP contribution >= 0.6 is 45.8 Å². The van der Waals surface area contributed by atoms with Crippen LogP contribution in [0.15, 0.2) is 55.7 Å². The number of fused-ring (bicyclic) bond motifs is 4. The molecule has 38 heavy (non-hydrogen) atoms. The molecule has 6 nitrogen and oxygen atoms in total. The molecule has 7 rings (SSSR count). The molecule has 2 aliphatic carbocycles. The zero-order chi connectivity index (χ0) is 25.6. The Kier molecular flexibility index (Phi) is 6.59. The Bertz CT molecular complexity index is 1610. The average molecular weight is 579 g/mol. The number of hydrazone groups is 1. The Morgan fingerprint density at radius 1 is 1.13 bits per heavy atom. The summed E-state index contributed by atoms with van der Waals surface area (Å²) < 4.78 is 0. The lowest BCUT2D eigenvalue weighted by Crippen LogP contribution is -2.32. The van der Waals surface area contributed by atoms with Gasteiger partial charge in [0.2, 0.25) is 0 Å². The van der Waals surface area contributed by atoms with Crippen LogP contribution < -0.4 is 5.56 Å². The lowest BCUT2D eigenvalue weighted by Gasteiger charge is -2.28. The van der Waals surface area contributed by atoms with Gasteiger partial charge in [-0.1, -0.05) is 23.9 Å². The molecule has 2 atom stereocenters. The number of aryl methyl sites for hydroxylation is 2. The third-order valence-electron chi connectivity index (χ3n) is 7.59. The second-order valence-electron chi connectivity index (χ2n) is 9.92. The number of rotatable bonds is 5. The number of nitrogens with one attached hydrogen (secondary N) is 1. The maximum absolute atomic E-state index is 13.7. The Balaban J connectivity index is 1.16. The van der Waals surface area contributed by atoms with Gasteiger partial charge in [0, 0.05) is 20.5 Å². The van der Waals surface area contributed by atoms with E-state index in [0.29, 0.717) is 5.16 Å². The summed E-state index contributed by atoms with van der Waals surface area (Å²) in [6.07, 6.45) is 9.62. The Morgan fingerprint density at radius 2 is 2.00 bits per heavy atom. The third-order valence-corrected chi connectivity index (χ3v) is 11.4. The predicted molar refractivity (Wildman–Crippen MR) is 159 cm³/mol. The van der Waals surface area contributed by atoms with Crippen molar-refractivity contribution in [1.29, 1.82) is 0 Å².